The molecule has 3 rings (SSSR count). The van der Waals surface area contributed by atoms with Gasteiger partial charge in [0, 0.05) is 24.7 Å². The summed E-state index contributed by atoms with van der Waals surface area (Å²) in [6.07, 6.45) is 1.83. The molecule has 0 saturated heterocycles. The van der Waals surface area contributed by atoms with Gasteiger partial charge < -0.3 is 0 Å². The number of hydrogen-bond acceptors (Lipinski definition) is 2. The average molecular weight is 268 g/mol. The lowest BCUT2D eigenvalue weighted by molar-refractivity contribution is 0.0743. The van der Waals surface area contributed by atoms with Crippen molar-refractivity contribution in [1.29, 1.82) is 0 Å². The number of aromatic nitrogens is 1. The molecule has 1 aromatic heterocycles. The molecule has 0 atom stereocenters. The highest BCUT2D eigenvalue weighted by molar-refractivity contribution is 5.37. The normalized spacial score (nSPS) is 19.9. The van der Waals surface area contributed by atoms with Crippen molar-refractivity contribution < 1.29 is 8.78 Å². The standard InChI is InChI=1S/C13H16F2N2.C2H6/c1-9-4-10-6-17(7-11(14)15)8-13(2-3-13)12(10)16-5-9;1-2/h4-5,11H,2-3,6-8H2,1H3;1-2H3. The fraction of sp³-hybridized carbons (Fsp3) is 0.667. The van der Waals surface area contributed by atoms with Crippen LogP contribution in [0.4, 0.5) is 8.78 Å². The Morgan fingerprint density at radius 3 is 2.63 bits per heavy atom. The van der Waals surface area contributed by atoms with E-state index in [1.807, 2.05) is 31.9 Å². The summed E-state index contributed by atoms with van der Waals surface area (Å²) in [6, 6.07) is 2.10. The SMILES string of the molecule is CC.Cc1cnc2c(c1)CN(CC(F)F)CC21CC1. The molecule has 2 nitrogen and oxygen atoms in total. The molecule has 1 aromatic rings. The first-order chi connectivity index (χ1) is 9.09. The molecule has 0 aromatic carbocycles. The molecule has 1 saturated carbocycles. The van der Waals surface area contributed by atoms with E-state index in [1.165, 1.54) is 0 Å². The van der Waals surface area contributed by atoms with Gasteiger partial charge in [-0.1, -0.05) is 19.9 Å². The van der Waals surface area contributed by atoms with Gasteiger partial charge in [0.25, 0.3) is 6.43 Å². The fourth-order valence-electron chi connectivity index (χ4n) is 2.90. The number of halogens is 2. The minimum atomic E-state index is -2.25. The van der Waals surface area contributed by atoms with Gasteiger partial charge in [-0.05, 0) is 30.9 Å². The molecule has 0 N–H and O–H groups in total. The van der Waals surface area contributed by atoms with Crippen LogP contribution in [-0.4, -0.2) is 29.4 Å². The van der Waals surface area contributed by atoms with Crippen molar-refractivity contribution in [3.63, 3.8) is 0 Å². The highest BCUT2D eigenvalue weighted by Crippen LogP contribution is 2.51. The van der Waals surface area contributed by atoms with E-state index in [0.717, 1.165) is 36.2 Å². The lowest BCUT2D eigenvalue weighted by Crippen LogP contribution is -2.40. The first-order valence-corrected chi connectivity index (χ1v) is 7.06. The molecule has 1 aliphatic carbocycles. The van der Waals surface area contributed by atoms with Crippen molar-refractivity contribution in [1.82, 2.24) is 9.88 Å². The molecule has 0 radical (unpaired) electrons. The summed E-state index contributed by atoms with van der Waals surface area (Å²) in [5, 5.41) is 0. The predicted octanol–water partition coefficient (Wildman–Crippen LogP) is 3.53. The second-order valence-corrected chi connectivity index (χ2v) is 5.36. The van der Waals surface area contributed by atoms with E-state index < -0.39 is 6.43 Å². The summed E-state index contributed by atoms with van der Waals surface area (Å²) in [5.74, 6) is 0. The third-order valence-corrected chi connectivity index (χ3v) is 3.78. The van der Waals surface area contributed by atoms with Gasteiger partial charge in [0.1, 0.15) is 0 Å². The van der Waals surface area contributed by atoms with E-state index in [2.05, 4.69) is 11.1 Å². The van der Waals surface area contributed by atoms with E-state index in [1.54, 1.807) is 0 Å². The van der Waals surface area contributed by atoms with Crippen LogP contribution in [0.3, 0.4) is 0 Å². The summed E-state index contributed by atoms with van der Waals surface area (Å²) in [7, 11) is 0. The molecule has 1 fully saturated rings. The van der Waals surface area contributed by atoms with Crippen molar-refractivity contribution in [2.45, 2.75) is 52.0 Å². The van der Waals surface area contributed by atoms with Gasteiger partial charge in [0.2, 0.25) is 0 Å². The van der Waals surface area contributed by atoms with Gasteiger partial charge in [-0.3, -0.25) is 9.88 Å². The molecule has 1 spiro atoms. The van der Waals surface area contributed by atoms with Crippen molar-refractivity contribution >= 4 is 0 Å². The van der Waals surface area contributed by atoms with Crippen LogP contribution >= 0.6 is 0 Å². The third kappa shape index (κ3) is 2.94. The molecule has 19 heavy (non-hydrogen) atoms. The topological polar surface area (TPSA) is 16.1 Å². The van der Waals surface area contributed by atoms with Crippen LogP contribution < -0.4 is 0 Å². The second-order valence-electron chi connectivity index (χ2n) is 5.36. The van der Waals surface area contributed by atoms with E-state index in [-0.39, 0.29) is 12.0 Å². The number of hydrogen-bond donors (Lipinski definition) is 0. The molecule has 4 heteroatoms. The monoisotopic (exact) mass is 268 g/mol. The Morgan fingerprint density at radius 2 is 2.05 bits per heavy atom. The summed E-state index contributed by atoms with van der Waals surface area (Å²) in [5.41, 5.74) is 3.51. The molecular weight excluding hydrogens is 246 g/mol. The number of nitrogens with zero attached hydrogens (tertiary/aromatic N) is 2. The predicted molar refractivity (Wildman–Crippen MR) is 72.5 cm³/mol. The Morgan fingerprint density at radius 1 is 1.37 bits per heavy atom. The third-order valence-electron chi connectivity index (χ3n) is 3.78. The Bertz CT molecular complexity index is 442. The Balaban J connectivity index is 0.000000637. The van der Waals surface area contributed by atoms with E-state index >= 15 is 0 Å². The summed E-state index contributed by atoms with van der Waals surface area (Å²) >= 11 is 0. The van der Waals surface area contributed by atoms with Crippen LogP contribution in [0.25, 0.3) is 0 Å². The van der Waals surface area contributed by atoms with Crippen LogP contribution in [-0.2, 0) is 12.0 Å². The molecule has 2 heterocycles. The highest BCUT2D eigenvalue weighted by atomic mass is 19.3. The van der Waals surface area contributed by atoms with Crippen molar-refractivity contribution in [3.8, 4) is 0 Å². The van der Waals surface area contributed by atoms with Crippen LogP contribution in [0.2, 0.25) is 0 Å². The largest absolute Gasteiger partial charge is 0.292 e. The van der Waals surface area contributed by atoms with E-state index in [4.69, 9.17) is 0 Å². The summed E-state index contributed by atoms with van der Waals surface area (Å²) in [4.78, 5) is 6.41. The molecule has 0 unspecified atom stereocenters. The number of pyridine rings is 1. The zero-order chi connectivity index (χ0) is 14.0. The molecule has 106 valence electrons. The van der Waals surface area contributed by atoms with Crippen molar-refractivity contribution in [3.05, 3.63) is 29.1 Å². The molecule has 1 aliphatic heterocycles. The van der Waals surface area contributed by atoms with Gasteiger partial charge in [-0.15, -0.1) is 0 Å². The van der Waals surface area contributed by atoms with Crippen LogP contribution in [0.1, 0.15) is 43.5 Å². The Labute approximate surface area is 113 Å². The molecule has 0 bridgehead atoms. The fourth-order valence-corrected chi connectivity index (χ4v) is 2.90. The summed E-state index contributed by atoms with van der Waals surface area (Å²) in [6.45, 7) is 7.25. The smallest absolute Gasteiger partial charge is 0.251 e. The van der Waals surface area contributed by atoms with Gasteiger partial charge >= 0.3 is 0 Å². The lowest BCUT2D eigenvalue weighted by Gasteiger charge is -2.34. The minimum absolute atomic E-state index is 0.0934. The van der Waals surface area contributed by atoms with Crippen molar-refractivity contribution in [2.75, 3.05) is 13.1 Å². The number of rotatable bonds is 2. The van der Waals surface area contributed by atoms with Gasteiger partial charge in [0.15, 0.2) is 0 Å². The highest BCUT2D eigenvalue weighted by Gasteiger charge is 2.50. The maximum absolute atomic E-state index is 12.5. The second kappa shape index (κ2) is 5.53. The Hall–Kier alpha value is -1.03. The quantitative estimate of drug-likeness (QED) is 0.815. The summed E-state index contributed by atoms with van der Waals surface area (Å²) < 4.78 is 25.0. The Kier molecular flexibility index (Phi) is 4.19. The van der Waals surface area contributed by atoms with Crippen molar-refractivity contribution in [2.24, 2.45) is 0 Å². The van der Waals surface area contributed by atoms with Crippen LogP contribution in [0.15, 0.2) is 12.3 Å². The van der Waals surface area contributed by atoms with Crippen LogP contribution in [0, 0.1) is 6.92 Å². The maximum atomic E-state index is 12.5. The molecular formula is C15H22F2N2. The maximum Gasteiger partial charge on any atom is 0.251 e. The molecule has 2 aliphatic rings. The first kappa shape index (κ1) is 14.4. The average Bonchev–Trinajstić information content (AvgIpc) is 3.10. The molecule has 0 amide bonds. The van der Waals surface area contributed by atoms with Gasteiger partial charge in [0.05, 0.1) is 12.2 Å². The van der Waals surface area contributed by atoms with Gasteiger partial charge in [-0.2, -0.15) is 0 Å². The van der Waals surface area contributed by atoms with E-state index in [9.17, 15) is 8.78 Å². The van der Waals surface area contributed by atoms with Gasteiger partial charge in [-0.25, -0.2) is 8.78 Å². The lowest BCUT2D eigenvalue weighted by atomic mass is 9.91. The zero-order valence-corrected chi connectivity index (χ0v) is 11.9. The number of fused-ring (bicyclic) bond motifs is 2. The number of alkyl halides is 2. The first-order valence-electron chi connectivity index (χ1n) is 7.06. The number of aryl methyl sites for hydroxylation is 1. The minimum Gasteiger partial charge on any atom is -0.292 e. The van der Waals surface area contributed by atoms with Crippen LogP contribution in [0.5, 0.6) is 0 Å². The zero-order valence-electron chi connectivity index (χ0n) is 11.9. The van der Waals surface area contributed by atoms with E-state index in [0.29, 0.717) is 6.54 Å².